The van der Waals surface area contributed by atoms with Crippen molar-refractivity contribution in [1.29, 1.82) is 0 Å². The van der Waals surface area contributed by atoms with E-state index in [1.807, 2.05) is 11.8 Å². The van der Waals surface area contributed by atoms with Crippen molar-refractivity contribution in [2.45, 2.75) is 32.0 Å². The zero-order valence-corrected chi connectivity index (χ0v) is 9.08. The Morgan fingerprint density at radius 2 is 2.40 bits per heavy atom. The number of aliphatic hydroxyl groups excluding tert-OH is 1. The maximum atomic E-state index is 13.0. The zero-order valence-electron chi connectivity index (χ0n) is 9.08. The van der Waals surface area contributed by atoms with Gasteiger partial charge in [-0.05, 0) is 13.3 Å². The first kappa shape index (κ1) is 12.4. The first-order valence-corrected chi connectivity index (χ1v) is 5.43. The van der Waals surface area contributed by atoms with Crippen LogP contribution in [0.2, 0.25) is 0 Å². The van der Waals surface area contributed by atoms with Crippen LogP contribution in [0.3, 0.4) is 0 Å². The van der Waals surface area contributed by atoms with E-state index in [1.165, 1.54) is 0 Å². The van der Waals surface area contributed by atoms with Gasteiger partial charge >= 0.3 is 0 Å². The number of hydrogen-bond acceptors (Lipinski definition) is 3. The molecule has 0 unspecified atom stereocenters. The number of hydrogen-bond donors (Lipinski definition) is 2. The molecule has 1 aliphatic heterocycles. The van der Waals surface area contributed by atoms with Gasteiger partial charge in [0.1, 0.15) is 6.17 Å². The molecule has 0 saturated carbocycles. The summed E-state index contributed by atoms with van der Waals surface area (Å²) in [6.45, 7) is 3.31. The number of carbonyl (C=O) groups is 1. The Labute approximate surface area is 89.4 Å². The van der Waals surface area contributed by atoms with Crippen LogP contribution in [0.4, 0.5) is 4.39 Å². The lowest BCUT2D eigenvalue weighted by atomic mass is 10.2. The third-order valence-electron chi connectivity index (χ3n) is 2.69. The third-order valence-corrected chi connectivity index (χ3v) is 2.69. The number of nitrogens with one attached hydrogen (secondary N) is 1. The summed E-state index contributed by atoms with van der Waals surface area (Å²) in [5, 5.41) is 11.7. The summed E-state index contributed by atoms with van der Waals surface area (Å²) in [4.78, 5) is 13.0. The quantitative estimate of drug-likeness (QED) is 0.678. The first-order chi connectivity index (χ1) is 7.17. The van der Waals surface area contributed by atoms with Crippen LogP contribution in [-0.4, -0.2) is 54.4 Å². The second-order valence-corrected chi connectivity index (χ2v) is 3.87. The molecule has 1 aliphatic rings. The number of alkyl halides is 1. The van der Waals surface area contributed by atoms with Crippen molar-refractivity contribution in [2.24, 2.45) is 0 Å². The fraction of sp³-hybridized carbons (Fsp3) is 0.900. The van der Waals surface area contributed by atoms with Gasteiger partial charge in [-0.25, -0.2) is 4.39 Å². The standard InChI is InChI=1S/C10H19FN2O2/c1-2-12-10(15)3-4-13-6-8(11)5-9(13)7-14/h8-9,14H,2-7H2,1H3,(H,12,15)/t8-,9-/m0/s1. The fourth-order valence-corrected chi connectivity index (χ4v) is 1.92. The van der Waals surface area contributed by atoms with Crippen LogP contribution in [0, 0.1) is 0 Å². The topological polar surface area (TPSA) is 52.6 Å². The summed E-state index contributed by atoms with van der Waals surface area (Å²) in [5.74, 6) is -0.0171. The van der Waals surface area contributed by atoms with Gasteiger partial charge in [-0.1, -0.05) is 0 Å². The number of nitrogens with zero attached hydrogens (tertiary/aromatic N) is 1. The maximum Gasteiger partial charge on any atom is 0.221 e. The molecule has 2 N–H and O–H groups in total. The predicted octanol–water partition coefficient (Wildman–Crippen LogP) is -0.0827. The SMILES string of the molecule is CCNC(=O)CCN1C[C@@H](F)C[C@H]1CO. The molecule has 4 nitrogen and oxygen atoms in total. The highest BCUT2D eigenvalue weighted by atomic mass is 19.1. The van der Waals surface area contributed by atoms with E-state index in [9.17, 15) is 9.18 Å². The molecular formula is C10H19FN2O2. The van der Waals surface area contributed by atoms with Crippen LogP contribution in [0.15, 0.2) is 0 Å². The summed E-state index contributed by atoms with van der Waals surface area (Å²) in [6.07, 6.45) is -0.112. The number of rotatable bonds is 5. The molecule has 0 spiro atoms. The molecule has 1 fully saturated rings. The fourth-order valence-electron chi connectivity index (χ4n) is 1.92. The lowest BCUT2D eigenvalue weighted by Gasteiger charge is -2.21. The van der Waals surface area contributed by atoms with Crippen LogP contribution in [0.5, 0.6) is 0 Å². The highest BCUT2D eigenvalue weighted by molar-refractivity contribution is 5.75. The van der Waals surface area contributed by atoms with Gasteiger partial charge < -0.3 is 10.4 Å². The van der Waals surface area contributed by atoms with E-state index in [2.05, 4.69) is 5.32 Å². The number of halogens is 1. The minimum atomic E-state index is -0.864. The molecule has 15 heavy (non-hydrogen) atoms. The molecule has 1 amide bonds. The minimum absolute atomic E-state index is 0.0171. The number of amides is 1. The van der Waals surface area contributed by atoms with Gasteiger partial charge in [-0.2, -0.15) is 0 Å². The first-order valence-electron chi connectivity index (χ1n) is 5.43. The normalized spacial score (nSPS) is 26.9. The minimum Gasteiger partial charge on any atom is -0.395 e. The summed E-state index contributed by atoms with van der Waals surface area (Å²) >= 11 is 0. The number of likely N-dealkylation sites (tertiary alicyclic amines) is 1. The lowest BCUT2D eigenvalue weighted by Crippen LogP contribution is -2.36. The van der Waals surface area contributed by atoms with Gasteiger partial charge in [0.25, 0.3) is 0 Å². The van der Waals surface area contributed by atoms with Crippen molar-refractivity contribution < 1.29 is 14.3 Å². The van der Waals surface area contributed by atoms with Gasteiger partial charge in [0.15, 0.2) is 0 Å². The maximum absolute atomic E-state index is 13.0. The van der Waals surface area contributed by atoms with Crippen molar-refractivity contribution in [3.63, 3.8) is 0 Å². The van der Waals surface area contributed by atoms with Gasteiger partial charge in [0, 0.05) is 32.1 Å². The second kappa shape index (κ2) is 6.02. The van der Waals surface area contributed by atoms with Crippen LogP contribution in [-0.2, 0) is 4.79 Å². The molecule has 0 aliphatic carbocycles. The van der Waals surface area contributed by atoms with Crippen LogP contribution in [0.25, 0.3) is 0 Å². The highest BCUT2D eigenvalue weighted by Gasteiger charge is 2.31. The Hall–Kier alpha value is -0.680. The monoisotopic (exact) mass is 218 g/mol. The average Bonchev–Trinajstić information content (AvgIpc) is 2.56. The molecule has 0 aromatic heterocycles. The van der Waals surface area contributed by atoms with E-state index in [0.717, 1.165) is 0 Å². The van der Waals surface area contributed by atoms with E-state index in [4.69, 9.17) is 5.11 Å². The van der Waals surface area contributed by atoms with E-state index in [0.29, 0.717) is 32.5 Å². The molecule has 0 radical (unpaired) electrons. The third kappa shape index (κ3) is 3.76. The van der Waals surface area contributed by atoms with Crippen LogP contribution >= 0.6 is 0 Å². The largest absolute Gasteiger partial charge is 0.395 e. The van der Waals surface area contributed by atoms with Crippen LogP contribution < -0.4 is 5.32 Å². The highest BCUT2D eigenvalue weighted by Crippen LogP contribution is 2.19. The van der Waals surface area contributed by atoms with Gasteiger partial charge in [-0.15, -0.1) is 0 Å². The summed E-state index contributed by atoms with van der Waals surface area (Å²) in [7, 11) is 0. The summed E-state index contributed by atoms with van der Waals surface area (Å²) in [5.41, 5.74) is 0. The van der Waals surface area contributed by atoms with Crippen molar-refractivity contribution in [3.8, 4) is 0 Å². The Kier molecular flexibility index (Phi) is 4.98. The van der Waals surface area contributed by atoms with E-state index < -0.39 is 6.17 Å². The van der Waals surface area contributed by atoms with Gasteiger partial charge in [0.2, 0.25) is 5.91 Å². The average molecular weight is 218 g/mol. The smallest absolute Gasteiger partial charge is 0.221 e. The molecular weight excluding hydrogens is 199 g/mol. The number of carbonyl (C=O) groups excluding carboxylic acids is 1. The van der Waals surface area contributed by atoms with E-state index >= 15 is 0 Å². The predicted molar refractivity (Wildman–Crippen MR) is 55.3 cm³/mol. The van der Waals surface area contributed by atoms with E-state index in [1.54, 1.807) is 0 Å². The second-order valence-electron chi connectivity index (χ2n) is 3.87. The number of aliphatic hydroxyl groups is 1. The van der Waals surface area contributed by atoms with Crippen LogP contribution in [0.1, 0.15) is 19.8 Å². The Morgan fingerprint density at radius 1 is 1.67 bits per heavy atom. The Morgan fingerprint density at radius 3 is 3.00 bits per heavy atom. The van der Waals surface area contributed by atoms with Crippen molar-refractivity contribution in [1.82, 2.24) is 10.2 Å². The Bertz CT molecular complexity index is 214. The zero-order chi connectivity index (χ0) is 11.3. The molecule has 2 atom stereocenters. The molecule has 1 rings (SSSR count). The van der Waals surface area contributed by atoms with Crippen molar-refractivity contribution >= 4 is 5.91 Å². The molecule has 0 bridgehead atoms. The lowest BCUT2D eigenvalue weighted by molar-refractivity contribution is -0.121. The van der Waals surface area contributed by atoms with E-state index in [-0.39, 0.29) is 18.6 Å². The van der Waals surface area contributed by atoms with Gasteiger partial charge in [0.05, 0.1) is 6.61 Å². The molecule has 1 heterocycles. The van der Waals surface area contributed by atoms with Gasteiger partial charge in [-0.3, -0.25) is 9.69 Å². The van der Waals surface area contributed by atoms with Crippen molar-refractivity contribution in [3.05, 3.63) is 0 Å². The molecule has 5 heteroatoms. The molecule has 88 valence electrons. The molecule has 0 aromatic carbocycles. The van der Waals surface area contributed by atoms with Crippen molar-refractivity contribution in [2.75, 3.05) is 26.2 Å². The summed E-state index contributed by atoms with van der Waals surface area (Å²) < 4.78 is 13.0. The summed E-state index contributed by atoms with van der Waals surface area (Å²) in [6, 6.07) is -0.116. The molecule has 0 aromatic rings. The Balaban J connectivity index is 2.28. The molecule has 1 saturated heterocycles.